The predicted octanol–water partition coefficient (Wildman–Crippen LogP) is 6.36. The maximum atomic E-state index is 13.5. The largest absolute Gasteiger partial charge is 0.507 e. The summed E-state index contributed by atoms with van der Waals surface area (Å²) in [6.07, 6.45) is 5.73. The van der Waals surface area contributed by atoms with Gasteiger partial charge in [0.05, 0.1) is 12.2 Å². The molecular formula is C29H39N3O2. The second kappa shape index (κ2) is 9.73. The number of hydrogen-bond acceptors (Lipinski definition) is 4. The van der Waals surface area contributed by atoms with Gasteiger partial charge in [-0.1, -0.05) is 61.0 Å². The number of pyridine rings is 1. The van der Waals surface area contributed by atoms with Gasteiger partial charge in [-0.25, -0.2) is 0 Å². The summed E-state index contributed by atoms with van der Waals surface area (Å²) in [5, 5.41) is 19.8. The van der Waals surface area contributed by atoms with Gasteiger partial charge in [0.2, 0.25) is 0 Å². The minimum absolute atomic E-state index is 0.0323. The van der Waals surface area contributed by atoms with Crippen LogP contribution in [0.15, 0.2) is 42.1 Å². The molecule has 0 saturated carbocycles. The summed E-state index contributed by atoms with van der Waals surface area (Å²) in [6, 6.07) is 9.43. The minimum Gasteiger partial charge on any atom is -0.507 e. The van der Waals surface area contributed by atoms with Crippen LogP contribution in [0.3, 0.4) is 0 Å². The van der Waals surface area contributed by atoms with Gasteiger partial charge in [0.1, 0.15) is 11.6 Å². The lowest BCUT2D eigenvalue weighted by molar-refractivity contribution is 0.0963. The molecule has 1 atom stereocenters. The normalized spacial score (nSPS) is 18.1. The van der Waals surface area contributed by atoms with E-state index in [1.54, 1.807) is 6.20 Å². The number of aromatic nitrogens is 1. The van der Waals surface area contributed by atoms with Crippen molar-refractivity contribution in [2.75, 3.05) is 13.1 Å². The second-order valence-electron chi connectivity index (χ2n) is 11.4. The van der Waals surface area contributed by atoms with Crippen molar-refractivity contribution in [2.24, 2.45) is 5.92 Å². The number of nitrogens with zero attached hydrogens (tertiary/aromatic N) is 2. The van der Waals surface area contributed by atoms with E-state index < -0.39 is 0 Å². The van der Waals surface area contributed by atoms with Crippen LogP contribution in [0.2, 0.25) is 0 Å². The third-order valence-electron chi connectivity index (χ3n) is 6.48. The monoisotopic (exact) mass is 461 g/mol. The Bertz CT molecular complexity index is 1050. The fourth-order valence-corrected chi connectivity index (χ4v) is 4.58. The van der Waals surface area contributed by atoms with Gasteiger partial charge in [-0.2, -0.15) is 0 Å². The number of benzene rings is 1. The highest BCUT2D eigenvalue weighted by atomic mass is 16.3. The Morgan fingerprint density at radius 2 is 1.76 bits per heavy atom. The molecule has 1 unspecified atom stereocenters. The Morgan fingerprint density at radius 1 is 1.15 bits per heavy atom. The number of Topliss-reactive ketones (excluding diaryl/α,β-unsaturated/α-hetero) is 1. The van der Waals surface area contributed by atoms with Crippen molar-refractivity contribution in [3.8, 4) is 5.75 Å². The number of nitrogens with one attached hydrogen (secondary N) is 1. The van der Waals surface area contributed by atoms with Crippen molar-refractivity contribution >= 4 is 17.7 Å². The molecule has 2 N–H and O–H groups in total. The molecule has 1 aromatic heterocycles. The van der Waals surface area contributed by atoms with E-state index in [0.717, 1.165) is 35.2 Å². The molecule has 182 valence electrons. The summed E-state index contributed by atoms with van der Waals surface area (Å²) < 4.78 is 0. The lowest BCUT2D eigenvalue weighted by Gasteiger charge is -2.28. The number of rotatable bonds is 6. The molecule has 0 bridgehead atoms. The van der Waals surface area contributed by atoms with Gasteiger partial charge >= 0.3 is 0 Å². The van der Waals surface area contributed by atoms with Crippen LogP contribution >= 0.6 is 0 Å². The standard InChI is InChI=1S/C29H39N3O2/c1-8-11-19-17-32(27(30)22(19)16-21-12-9-10-13-31-21)18-25(33)20-14-23(28(2,3)4)26(34)24(15-20)29(5,6)7/h9-10,12-16,19,30,34H,8,11,17-18H2,1-7H3/b22-16+,30-27?. The van der Waals surface area contributed by atoms with Crippen LogP contribution in [0.4, 0.5) is 0 Å². The van der Waals surface area contributed by atoms with E-state index in [1.807, 2.05) is 82.9 Å². The predicted molar refractivity (Wildman–Crippen MR) is 140 cm³/mol. The van der Waals surface area contributed by atoms with Gasteiger partial charge in [0.25, 0.3) is 0 Å². The Labute approximate surface area is 204 Å². The fraction of sp³-hybridized carbons (Fsp3) is 0.483. The smallest absolute Gasteiger partial charge is 0.182 e. The van der Waals surface area contributed by atoms with Gasteiger partial charge in [0, 0.05) is 40.9 Å². The first kappa shape index (κ1) is 25.7. The van der Waals surface area contributed by atoms with E-state index in [0.29, 0.717) is 17.9 Å². The van der Waals surface area contributed by atoms with Crippen LogP contribution in [0, 0.1) is 11.3 Å². The first-order valence-electron chi connectivity index (χ1n) is 12.2. The van der Waals surface area contributed by atoms with E-state index in [4.69, 9.17) is 5.41 Å². The highest BCUT2D eigenvalue weighted by Crippen LogP contribution is 2.40. The van der Waals surface area contributed by atoms with E-state index in [2.05, 4.69) is 11.9 Å². The van der Waals surface area contributed by atoms with Gasteiger partial charge in [-0.3, -0.25) is 15.2 Å². The number of carbonyl (C=O) groups is 1. The number of ketones is 1. The first-order chi connectivity index (χ1) is 15.8. The Hall–Kier alpha value is -2.95. The molecule has 0 spiro atoms. The van der Waals surface area contributed by atoms with Crippen molar-refractivity contribution in [2.45, 2.75) is 72.1 Å². The molecular weight excluding hydrogens is 422 g/mol. The maximum Gasteiger partial charge on any atom is 0.182 e. The average Bonchev–Trinajstić information content (AvgIpc) is 3.02. The zero-order valence-corrected chi connectivity index (χ0v) is 21.7. The molecule has 34 heavy (non-hydrogen) atoms. The topological polar surface area (TPSA) is 77.3 Å². The zero-order chi connectivity index (χ0) is 25.3. The number of phenols is 1. The van der Waals surface area contributed by atoms with Crippen molar-refractivity contribution in [3.05, 3.63) is 64.5 Å². The van der Waals surface area contributed by atoms with E-state index in [1.165, 1.54) is 0 Å². The van der Waals surface area contributed by atoms with E-state index in [9.17, 15) is 9.90 Å². The minimum atomic E-state index is -0.300. The highest BCUT2D eigenvalue weighted by Gasteiger charge is 2.34. The van der Waals surface area contributed by atoms with Crippen molar-refractivity contribution in [3.63, 3.8) is 0 Å². The Balaban J connectivity index is 1.93. The molecule has 0 aliphatic carbocycles. The van der Waals surface area contributed by atoms with Crippen molar-refractivity contribution < 1.29 is 9.90 Å². The SMILES string of the molecule is CCCC1CN(CC(=O)c2cc(C(C)(C)C)c(O)c(C(C)(C)C)c2)C(=N)/C1=C/c1ccccn1. The molecule has 0 radical (unpaired) electrons. The summed E-state index contributed by atoms with van der Waals surface area (Å²) in [6.45, 7) is 15.2. The molecule has 5 nitrogen and oxygen atoms in total. The molecule has 1 aromatic carbocycles. The number of phenolic OH excluding ortho intramolecular Hbond substituents is 1. The molecule has 3 rings (SSSR count). The van der Waals surface area contributed by atoms with Crippen LogP contribution in [0.25, 0.3) is 6.08 Å². The molecule has 2 aromatic rings. The lowest BCUT2D eigenvalue weighted by atomic mass is 9.78. The van der Waals surface area contributed by atoms with Crippen LogP contribution in [-0.4, -0.2) is 39.7 Å². The summed E-state index contributed by atoms with van der Waals surface area (Å²) in [7, 11) is 0. The number of amidine groups is 1. The third kappa shape index (κ3) is 5.57. The second-order valence-corrected chi connectivity index (χ2v) is 11.4. The van der Waals surface area contributed by atoms with Gasteiger partial charge in [0.15, 0.2) is 5.78 Å². The Kier molecular flexibility index (Phi) is 7.35. The Morgan fingerprint density at radius 3 is 2.26 bits per heavy atom. The zero-order valence-electron chi connectivity index (χ0n) is 21.7. The molecule has 1 aliphatic rings. The summed E-state index contributed by atoms with van der Waals surface area (Å²) in [5.41, 5.74) is 3.33. The first-order valence-corrected chi connectivity index (χ1v) is 12.2. The van der Waals surface area contributed by atoms with Crippen LogP contribution in [-0.2, 0) is 10.8 Å². The maximum absolute atomic E-state index is 13.5. The van der Waals surface area contributed by atoms with Gasteiger partial charge in [-0.15, -0.1) is 0 Å². The summed E-state index contributed by atoms with van der Waals surface area (Å²) in [5.74, 6) is 0.856. The number of aromatic hydroxyl groups is 1. The molecule has 1 aliphatic heterocycles. The molecule has 1 saturated heterocycles. The quantitative estimate of drug-likeness (QED) is 0.491. The average molecular weight is 462 g/mol. The molecule has 0 amide bonds. The summed E-state index contributed by atoms with van der Waals surface area (Å²) in [4.78, 5) is 19.8. The number of likely N-dealkylation sites (tertiary alicyclic amines) is 1. The summed E-state index contributed by atoms with van der Waals surface area (Å²) >= 11 is 0. The molecule has 2 heterocycles. The van der Waals surface area contributed by atoms with Gasteiger partial charge in [-0.05, 0) is 47.6 Å². The molecule has 5 heteroatoms. The molecule has 1 fully saturated rings. The fourth-order valence-electron chi connectivity index (χ4n) is 4.58. The van der Waals surface area contributed by atoms with Crippen LogP contribution < -0.4 is 0 Å². The van der Waals surface area contributed by atoms with Gasteiger partial charge < -0.3 is 10.0 Å². The van der Waals surface area contributed by atoms with Crippen molar-refractivity contribution in [1.29, 1.82) is 5.41 Å². The lowest BCUT2D eigenvalue weighted by Crippen LogP contribution is -2.31. The van der Waals surface area contributed by atoms with E-state index in [-0.39, 0.29) is 34.8 Å². The highest BCUT2D eigenvalue weighted by molar-refractivity contribution is 6.06. The number of carbonyl (C=O) groups excluding carboxylic acids is 1. The van der Waals surface area contributed by atoms with E-state index >= 15 is 0 Å². The van der Waals surface area contributed by atoms with Crippen molar-refractivity contribution in [1.82, 2.24) is 9.88 Å². The number of hydrogen-bond donors (Lipinski definition) is 2. The van der Waals surface area contributed by atoms with Crippen LogP contribution in [0.5, 0.6) is 5.75 Å². The van der Waals surface area contributed by atoms with Crippen LogP contribution in [0.1, 0.15) is 88.5 Å². The third-order valence-corrected chi connectivity index (χ3v) is 6.48.